The van der Waals surface area contributed by atoms with Crippen LogP contribution in [0.5, 0.6) is 0 Å². The normalized spacial score (nSPS) is 16.0. The van der Waals surface area contributed by atoms with Crippen LogP contribution in [0.4, 0.5) is 0 Å². The van der Waals surface area contributed by atoms with Crippen LogP contribution in [0, 0.1) is 0 Å². The summed E-state index contributed by atoms with van der Waals surface area (Å²) in [5.41, 5.74) is 4.27. The highest BCUT2D eigenvalue weighted by atomic mass is 32.2. The van der Waals surface area contributed by atoms with Crippen molar-refractivity contribution in [3.05, 3.63) is 94.8 Å². The van der Waals surface area contributed by atoms with E-state index in [1.807, 2.05) is 72.3 Å². The molecule has 3 aromatic rings. The van der Waals surface area contributed by atoms with Crippen LogP contribution in [0.2, 0.25) is 0 Å². The Hall–Kier alpha value is -3.19. The first kappa shape index (κ1) is 21.1. The van der Waals surface area contributed by atoms with Gasteiger partial charge in [0.1, 0.15) is 0 Å². The van der Waals surface area contributed by atoms with E-state index in [-0.39, 0.29) is 23.5 Å². The van der Waals surface area contributed by atoms with Crippen LogP contribution in [0.25, 0.3) is 6.08 Å². The molecule has 0 spiro atoms. The zero-order valence-corrected chi connectivity index (χ0v) is 18.2. The van der Waals surface area contributed by atoms with Gasteiger partial charge in [0, 0.05) is 23.8 Å². The molecule has 0 radical (unpaired) electrons. The first-order chi connectivity index (χ1) is 14.9. The van der Waals surface area contributed by atoms with Crippen molar-refractivity contribution in [2.45, 2.75) is 31.7 Å². The van der Waals surface area contributed by atoms with Crippen LogP contribution in [-0.2, 0) is 33.4 Å². The molecule has 0 saturated heterocycles. The molecule has 1 amide bonds. The number of carbonyl (C=O) groups is 1. The number of sulfone groups is 1. The number of fused-ring (bicyclic) bond motifs is 1. The summed E-state index contributed by atoms with van der Waals surface area (Å²) in [6.07, 6.45) is 3.48. The van der Waals surface area contributed by atoms with E-state index >= 15 is 0 Å². The van der Waals surface area contributed by atoms with Crippen molar-refractivity contribution in [2.75, 3.05) is 5.75 Å². The van der Waals surface area contributed by atoms with Gasteiger partial charge in [-0.05, 0) is 24.1 Å². The number of hydrogen-bond acceptors (Lipinski definition) is 4. The first-order valence-corrected chi connectivity index (χ1v) is 12.1. The molecule has 31 heavy (non-hydrogen) atoms. The SMILES string of the molecule is C[C@@H](NC(=O)C=Cc1nn(Cc2ccccc2)c2c1CS(=O)(=O)CC2)c1ccccc1. The van der Waals surface area contributed by atoms with E-state index < -0.39 is 9.84 Å². The molecule has 6 nitrogen and oxygen atoms in total. The van der Waals surface area contributed by atoms with Crippen molar-refractivity contribution >= 4 is 21.8 Å². The Bertz CT molecular complexity index is 1200. The Kier molecular flexibility index (Phi) is 6.04. The van der Waals surface area contributed by atoms with Crippen molar-refractivity contribution in [3.63, 3.8) is 0 Å². The second-order valence-electron chi connectivity index (χ2n) is 7.77. The number of aromatic nitrogens is 2. The van der Waals surface area contributed by atoms with E-state index in [2.05, 4.69) is 10.4 Å². The van der Waals surface area contributed by atoms with Gasteiger partial charge in [-0.2, -0.15) is 5.10 Å². The van der Waals surface area contributed by atoms with Gasteiger partial charge in [-0.3, -0.25) is 9.48 Å². The number of nitrogens with one attached hydrogen (secondary N) is 1. The molecular formula is C24H25N3O3S. The van der Waals surface area contributed by atoms with Gasteiger partial charge >= 0.3 is 0 Å². The molecule has 0 unspecified atom stereocenters. The predicted octanol–water partition coefficient (Wildman–Crippen LogP) is 3.29. The summed E-state index contributed by atoms with van der Waals surface area (Å²) in [6, 6.07) is 19.5. The lowest BCUT2D eigenvalue weighted by Crippen LogP contribution is -2.24. The summed E-state index contributed by atoms with van der Waals surface area (Å²) in [5.74, 6) is -0.168. The van der Waals surface area contributed by atoms with Gasteiger partial charge in [0.25, 0.3) is 0 Å². The van der Waals surface area contributed by atoms with Crippen LogP contribution in [0.1, 0.15) is 41.0 Å². The smallest absolute Gasteiger partial charge is 0.244 e. The molecule has 0 saturated carbocycles. The second kappa shape index (κ2) is 8.89. The number of hydrogen-bond donors (Lipinski definition) is 1. The Labute approximate surface area is 182 Å². The molecule has 1 atom stereocenters. The lowest BCUT2D eigenvalue weighted by molar-refractivity contribution is -0.117. The summed E-state index contributed by atoms with van der Waals surface area (Å²) in [4.78, 5) is 12.4. The van der Waals surface area contributed by atoms with Crippen molar-refractivity contribution in [1.82, 2.24) is 15.1 Å². The molecule has 1 aliphatic heterocycles. The monoisotopic (exact) mass is 435 g/mol. The number of nitrogens with zero attached hydrogens (tertiary/aromatic N) is 2. The molecule has 0 bridgehead atoms. The van der Waals surface area contributed by atoms with Crippen LogP contribution < -0.4 is 5.32 Å². The van der Waals surface area contributed by atoms with Gasteiger partial charge in [0.15, 0.2) is 9.84 Å². The Balaban J connectivity index is 1.56. The number of amides is 1. The predicted molar refractivity (Wildman–Crippen MR) is 121 cm³/mol. The van der Waals surface area contributed by atoms with E-state index in [4.69, 9.17) is 0 Å². The average Bonchev–Trinajstić information content (AvgIpc) is 3.08. The highest BCUT2D eigenvalue weighted by molar-refractivity contribution is 7.90. The minimum absolute atomic E-state index is 0.0428. The van der Waals surface area contributed by atoms with Gasteiger partial charge in [0.2, 0.25) is 5.91 Å². The number of rotatable bonds is 6. The van der Waals surface area contributed by atoms with Crippen molar-refractivity contribution in [3.8, 4) is 0 Å². The van der Waals surface area contributed by atoms with Crippen LogP contribution in [0.15, 0.2) is 66.7 Å². The fourth-order valence-electron chi connectivity index (χ4n) is 3.80. The standard InChI is InChI=1S/C24H25N3O3S/c1-18(20-10-6-3-7-11-20)25-24(28)13-12-22-21-17-31(29,30)15-14-23(21)27(26-22)16-19-8-4-2-5-9-19/h2-13,18H,14-17H2,1H3,(H,25,28)/t18-/m1/s1. The minimum atomic E-state index is -3.16. The molecular weight excluding hydrogens is 410 g/mol. The Morgan fingerprint density at radius 1 is 1.13 bits per heavy atom. The number of carbonyl (C=O) groups excluding carboxylic acids is 1. The largest absolute Gasteiger partial charge is 0.346 e. The molecule has 4 rings (SSSR count). The van der Waals surface area contributed by atoms with Crippen molar-refractivity contribution in [2.24, 2.45) is 0 Å². The molecule has 2 aromatic carbocycles. The molecule has 0 fully saturated rings. The number of benzene rings is 2. The fraction of sp³-hybridized carbons (Fsp3) is 0.250. The maximum atomic E-state index is 12.4. The summed E-state index contributed by atoms with van der Waals surface area (Å²) < 4.78 is 26.3. The fourth-order valence-corrected chi connectivity index (χ4v) is 5.20. The quantitative estimate of drug-likeness (QED) is 0.603. The lowest BCUT2D eigenvalue weighted by atomic mass is 10.1. The molecule has 0 aliphatic carbocycles. The maximum absolute atomic E-state index is 12.4. The second-order valence-corrected chi connectivity index (χ2v) is 9.95. The van der Waals surface area contributed by atoms with E-state index in [0.29, 0.717) is 24.2 Å². The topological polar surface area (TPSA) is 81.1 Å². The Morgan fingerprint density at radius 2 is 1.81 bits per heavy atom. The summed E-state index contributed by atoms with van der Waals surface area (Å²) in [6.45, 7) is 2.48. The zero-order chi connectivity index (χ0) is 21.8. The molecule has 2 heterocycles. The van der Waals surface area contributed by atoms with E-state index in [1.54, 1.807) is 6.08 Å². The summed E-state index contributed by atoms with van der Waals surface area (Å²) in [5, 5.41) is 7.58. The third-order valence-electron chi connectivity index (χ3n) is 5.44. The molecule has 1 aromatic heterocycles. The van der Waals surface area contributed by atoms with Crippen LogP contribution in [0.3, 0.4) is 0 Å². The third-order valence-corrected chi connectivity index (χ3v) is 6.99. The molecule has 1 aliphatic rings. The van der Waals surface area contributed by atoms with Gasteiger partial charge in [-0.25, -0.2) is 8.42 Å². The lowest BCUT2D eigenvalue weighted by Gasteiger charge is -2.15. The highest BCUT2D eigenvalue weighted by Crippen LogP contribution is 2.26. The first-order valence-electron chi connectivity index (χ1n) is 10.3. The van der Waals surface area contributed by atoms with Gasteiger partial charge in [-0.1, -0.05) is 60.7 Å². The zero-order valence-electron chi connectivity index (χ0n) is 17.4. The van der Waals surface area contributed by atoms with Gasteiger partial charge < -0.3 is 5.32 Å². The molecule has 1 N–H and O–H groups in total. The van der Waals surface area contributed by atoms with Crippen molar-refractivity contribution < 1.29 is 13.2 Å². The summed E-state index contributed by atoms with van der Waals surface area (Å²) >= 11 is 0. The van der Waals surface area contributed by atoms with Gasteiger partial charge in [0.05, 0.1) is 29.8 Å². The Morgan fingerprint density at radius 3 is 2.52 bits per heavy atom. The maximum Gasteiger partial charge on any atom is 0.244 e. The van der Waals surface area contributed by atoms with Crippen molar-refractivity contribution in [1.29, 1.82) is 0 Å². The van der Waals surface area contributed by atoms with E-state index in [0.717, 1.165) is 16.8 Å². The van der Waals surface area contributed by atoms with Crippen LogP contribution >= 0.6 is 0 Å². The summed E-state index contributed by atoms with van der Waals surface area (Å²) in [7, 11) is -3.16. The average molecular weight is 436 g/mol. The molecule has 160 valence electrons. The van der Waals surface area contributed by atoms with Gasteiger partial charge in [-0.15, -0.1) is 0 Å². The highest BCUT2D eigenvalue weighted by Gasteiger charge is 2.28. The van der Waals surface area contributed by atoms with E-state index in [1.165, 1.54) is 6.08 Å². The minimum Gasteiger partial charge on any atom is -0.346 e. The third kappa shape index (κ3) is 5.11. The molecule has 7 heteroatoms. The van der Waals surface area contributed by atoms with Crippen LogP contribution in [-0.4, -0.2) is 29.9 Å². The van der Waals surface area contributed by atoms with E-state index in [9.17, 15) is 13.2 Å².